The van der Waals surface area contributed by atoms with Gasteiger partial charge in [-0.05, 0) is 32.0 Å². The number of carbonyl (C=O) groups is 1. The van der Waals surface area contributed by atoms with Gasteiger partial charge in [0.15, 0.2) is 0 Å². The number of ether oxygens (including phenoxy) is 2. The number of thiocarbonyl (C=S) groups is 1. The molecule has 0 bridgehead atoms. The molecule has 1 aromatic rings. The van der Waals surface area contributed by atoms with Crippen LogP contribution in [0.25, 0.3) is 0 Å². The average molecular weight is 344 g/mol. The van der Waals surface area contributed by atoms with Gasteiger partial charge in [0, 0.05) is 4.47 Å². The summed E-state index contributed by atoms with van der Waals surface area (Å²) in [5.41, 5.74) is 0.783. The van der Waals surface area contributed by atoms with Crippen molar-refractivity contribution in [1.29, 1.82) is 0 Å². The van der Waals surface area contributed by atoms with Crippen molar-refractivity contribution in [3.63, 3.8) is 0 Å². The third-order valence-electron chi connectivity index (χ3n) is 2.82. The molecule has 102 valence electrons. The molecule has 0 amide bonds. The van der Waals surface area contributed by atoms with Gasteiger partial charge in [0.1, 0.15) is 23.4 Å². The molecule has 4 nitrogen and oxygen atoms in total. The highest BCUT2D eigenvalue weighted by Crippen LogP contribution is 2.36. The minimum Gasteiger partial charge on any atom is -0.484 e. The Morgan fingerprint density at radius 1 is 1.63 bits per heavy atom. The number of anilines is 1. The molecule has 0 N–H and O–H groups in total. The van der Waals surface area contributed by atoms with Crippen LogP contribution in [0.1, 0.15) is 13.8 Å². The Labute approximate surface area is 125 Å². The third kappa shape index (κ3) is 2.90. The number of nitrogens with zero attached hydrogens (tertiary/aromatic N) is 1. The third-order valence-corrected chi connectivity index (χ3v) is 3.62. The molecule has 0 saturated heterocycles. The number of benzene rings is 1. The smallest absolute Gasteiger partial charge is 0.328 e. The van der Waals surface area contributed by atoms with Crippen LogP contribution in [0.3, 0.4) is 0 Å². The van der Waals surface area contributed by atoms with Crippen molar-refractivity contribution < 1.29 is 14.3 Å². The van der Waals surface area contributed by atoms with Crippen molar-refractivity contribution in [2.24, 2.45) is 0 Å². The Kier molecular flexibility index (Phi) is 4.42. The van der Waals surface area contributed by atoms with Crippen molar-refractivity contribution in [2.75, 3.05) is 18.1 Å². The molecule has 0 saturated carbocycles. The van der Waals surface area contributed by atoms with Crippen molar-refractivity contribution in [1.82, 2.24) is 0 Å². The Bertz CT molecular complexity index is 521. The van der Waals surface area contributed by atoms with Crippen molar-refractivity contribution in [3.8, 4) is 5.75 Å². The topological polar surface area (TPSA) is 38.8 Å². The first kappa shape index (κ1) is 14.3. The summed E-state index contributed by atoms with van der Waals surface area (Å²) in [6.45, 7) is 4.21. The highest BCUT2D eigenvalue weighted by atomic mass is 79.9. The minimum absolute atomic E-state index is 0.294. The highest BCUT2D eigenvalue weighted by molar-refractivity contribution is 9.10. The lowest BCUT2D eigenvalue weighted by Crippen LogP contribution is -2.47. The second-order valence-electron chi connectivity index (χ2n) is 4.09. The number of hydrogen-bond donors (Lipinski definition) is 0. The van der Waals surface area contributed by atoms with E-state index in [1.54, 1.807) is 18.7 Å². The lowest BCUT2D eigenvalue weighted by atomic mass is 10.2. The fourth-order valence-electron chi connectivity index (χ4n) is 1.94. The molecule has 1 unspecified atom stereocenters. The number of rotatable bonds is 3. The SMILES string of the molecule is CCOC(=O)C(C)N1C(=S)COc2ccc(Br)cc21. The summed E-state index contributed by atoms with van der Waals surface area (Å²) in [5.74, 6) is 0.422. The first-order chi connectivity index (χ1) is 9.04. The van der Waals surface area contributed by atoms with E-state index in [9.17, 15) is 4.79 Å². The summed E-state index contributed by atoms with van der Waals surface area (Å²) < 4.78 is 11.5. The van der Waals surface area contributed by atoms with Crippen LogP contribution >= 0.6 is 28.1 Å². The van der Waals surface area contributed by atoms with E-state index in [1.165, 1.54) is 0 Å². The summed E-state index contributed by atoms with van der Waals surface area (Å²) in [5, 5.41) is 0. The standard InChI is InChI=1S/C13H14BrNO3S/c1-3-17-13(16)8(2)15-10-6-9(14)4-5-11(10)18-7-12(15)19/h4-6,8H,3,7H2,1-2H3. The summed E-state index contributed by atoms with van der Waals surface area (Å²) in [6, 6.07) is 5.16. The number of halogens is 1. The number of carbonyl (C=O) groups excluding carboxylic acids is 1. The number of fused-ring (bicyclic) bond motifs is 1. The molecule has 1 atom stereocenters. The molecule has 0 aliphatic carbocycles. The summed E-state index contributed by atoms with van der Waals surface area (Å²) >= 11 is 8.72. The molecule has 1 heterocycles. The largest absolute Gasteiger partial charge is 0.484 e. The maximum atomic E-state index is 11.9. The molecule has 2 rings (SSSR count). The molecule has 0 fully saturated rings. The second-order valence-corrected chi connectivity index (χ2v) is 5.48. The van der Waals surface area contributed by atoms with E-state index in [1.807, 2.05) is 18.2 Å². The predicted molar refractivity (Wildman–Crippen MR) is 80.8 cm³/mol. The van der Waals surface area contributed by atoms with Crippen LogP contribution in [-0.4, -0.2) is 30.2 Å². The van der Waals surface area contributed by atoms with Gasteiger partial charge in [0.05, 0.1) is 12.3 Å². The van der Waals surface area contributed by atoms with Gasteiger partial charge in [-0.15, -0.1) is 0 Å². The molecular weight excluding hydrogens is 330 g/mol. The van der Waals surface area contributed by atoms with E-state index in [0.717, 1.165) is 10.2 Å². The molecule has 1 aromatic carbocycles. The van der Waals surface area contributed by atoms with E-state index in [0.29, 0.717) is 24.0 Å². The number of hydrogen-bond acceptors (Lipinski definition) is 4. The second kappa shape index (κ2) is 5.88. The van der Waals surface area contributed by atoms with Crippen molar-refractivity contribution in [3.05, 3.63) is 22.7 Å². The first-order valence-corrected chi connectivity index (χ1v) is 7.15. The van der Waals surface area contributed by atoms with E-state index < -0.39 is 6.04 Å². The van der Waals surface area contributed by atoms with Crippen LogP contribution in [0.5, 0.6) is 5.75 Å². The molecule has 0 spiro atoms. The average Bonchev–Trinajstić information content (AvgIpc) is 2.38. The predicted octanol–water partition coefficient (Wildman–Crippen LogP) is 2.93. The van der Waals surface area contributed by atoms with E-state index in [4.69, 9.17) is 21.7 Å². The fourth-order valence-corrected chi connectivity index (χ4v) is 2.60. The molecule has 1 aliphatic rings. The van der Waals surface area contributed by atoms with Crippen LogP contribution in [0.4, 0.5) is 5.69 Å². The summed E-state index contributed by atoms with van der Waals surface area (Å²) in [7, 11) is 0. The number of esters is 1. The van der Waals surface area contributed by atoms with Gasteiger partial charge < -0.3 is 14.4 Å². The minimum atomic E-state index is -0.468. The molecule has 0 aromatic heterocycles. The zero-order valence-corrected chi connectivity index (χ0v) is 13.1. The van der Waals surface area contributed by atoms with Gasteiger partial charge in [0.25, 0.3) is 0 Å². The molecule has 19 heavy (non-hydrogen) atoms. The van der Waals surface area contributed by atoms with Gasteiger partial charge in [-0.2, -0.15) is 0 Å². The van der Waals surface area contributed by atoms with Gasteiger partial charge in [0.2, 0.25) is 0 Å². The van der Waals surface area contributed by atoms with Gasteiger partial charge >= 0.3 is 5.97 Å². The van der Waals surface area contributed by atoms with Crippen LogP contribution in [0.15, 0.2) is 22.7 Å². The quantitative estimate of drug-likeness (QED) is 0.623. The van der Waals surface area contributed by atoms with Gasteiger partial charge in [-0.3, -0.25) is 0 Å². The maximum Gasteiger partial charge on any atom is 0.328 e. The highest BCUT2D eigenvalue weighted by Gasteiger charge is 2.31. The fraction of sp³-hybridized carbons (Fsp3) is 0.385. The lowest BCUT2D eigenvalue weighted by Gasteiger charge is -2.35. The summed E-state index contributed by atoms with van der Waals surface area (Å²) in [4.78, 5) is 14.3. The van der Waals surface area contributed by atoms with Crippen molar-refractivity contribution in [2.45, 2.75) is 19.9 Å². The molecule has 0 radical (unpaired) electrons. The monoisotopic (exact) mass is 343 g/mol. The zero-order valence-electron chi connectivity index (χ0n) is 10.7. The summed E-state index contributed by atoms with van der Waals surface area (Å²) in [6.07, 6.45) is 0. The van der Waals surface area contributed by atoms with E-state index in [2.05, 4.69) is 15.9 Å². The molecular formula is C13H14BrNO3S. The first-order valence-electron chi connectivity index (χ1n) is 5.95. The Hall–Kier alpha value is -1.14. The Morgan fingerprint density at radius 3 is 3.05 bits per heavy atom. The van der Waals surface area contributed by atoms with Crippen LogP contribution in [-0.2, 0) is 9.53 Å². The van der Waals surface area contributed by atoms with E-state index in [-0.39, 0.29) is 5.97 Å². The van der Waals surface area contributed by atoms with Crippen LogP contribution in [0.2, 0.25) is 0 Å². The molecule has 6 heteroatoms. The van der Waals surface area contributed by atoms with Gasteiger partial charge in [-0.25, -0.2) is 4.79 Å². The zero-order chi connectivity index (χ0) is 14.0. The van der Waals surface area contributed by atoms with Crippen molar-refractivity contribution >= 4 is 44.8 Å². The van der Waals surface area contributed by atoms with Crippen LogP contribution in [0, 0.1) is 0 Å². The van der Waals surface area contributed by atoms with Gasteiger partial charge in [-0.1, -0.05) is 28.1 Å². The maximum absolute atomic E-state index is 11.9. The Morgan fingerprint density at radius 2 is 2.37 bits per heavy atom. The van der Waals surface area contributed by atoms with Crippen LogP contribution < -0.4 is 9.64 Å². The Balaban J connectivity index is 2.37. The lowest BCUT2D eigenvalue weighted by molar-refractivity contribution is -0.144. The van der Waals surface area contributed by atoms with E-state index >= 15 is 0 Å². The molecule has 1 aliphatic heterocycles. The normalized spacial score (nSPS) is 15.5.